The van der Waals surface area contributed by atoms with Gasteiger partial charge in [-0.25, -0.2) is 4.79 Å². The largest absolute Gasteiger partial charge is 0.457 e. The van der Waals surface area contributed by atoms with Gasteiger partial charge in [-0.1, -0.05) is 25.5 Å². The number of halogens is 2. The van der Waals surface area contributed by atoms with E-state index in [-0.39, 0.29) is 41.5 Å². The molecule has 1 N–H and O–H groups in total. The Morgan fingerprint density at radius 2 is 2.03 bits per heavy atom. The second kappa shape index (κ2) is 7.81. The Hall–Kier alpha value is -1.89. The quantitative estimate of drug-likeness (QED) is 0.472. The van der Waals surface area contributed by atoms with E-state index in [2.05, 4.69) is 0 Å². The summed E-state index contributed by atoms with van der Waals surface area (Å²) < 4.78 is 11.2. The number of rotatable bonds is 4. The molecule has 4 aliphatic rings. The molecule has 0 aliphatic heterocycles. The van der Waals surface area contributed by atoms with Crippen molar-refractivity contribution >= 4 is 40.7 Å². The fraction of sp³-hybridized carbons (Fsp3) is 0.577. The third-order valence-corrected chi connectivity index (χ3v) is 10.5. The first-order valence-electron chi connectivity index (χ1n) is 11.7. The van der Waals surface area contributed by atoms with Crippen molar-refractivity contribution in [3.05, 3.63) is 48.0 Å². The van der Waals surface area contributed by atoms with E-state index in [1.54, 1.807) is 12.1 Å². The molecule has 1 aromatic heterocycles. The van der Waals surface area contributed by atoms with Gasteiger partial charge in [-0.3, -0.25) is 9.59 Å². The Morgan fingerprint density at radius 1 is 1.26 bits per heavy atom. The Labute approximate surface area is 208 Å². The molecule has 0 amide bonds. The highest BCUT2D eigenvalue weighted by atomic mass is 35.5. The van der Waals surface area contributed by atoms with Gasteiger partial charge >= 0.3 is 5.97 Å². The van der Waals surface area contributed by atoms with Crippen LogP contribution in [-0.4, -0.2) is 45.1 Å². The number of aliphatic hydroxyl groups is 1. The molecule has 0 spiro atoms. The van der Waals surface area contributed by atoms with E-state index in [4.69, 9.17) is 32.4 Å². The molecule has 0 bridgehead atoms. The molecule has 0 unspecified atom stereocenters. The first kappa shape index (κ1) is 23.8. The number of furan rings is 1. The number of hydrogen-bond acceptors (Lipinski definition) is 6. The van der Waals surface area contributed by atoms with Crippen molar-refractivity contribution < 1.29 is 28.6 Å². The number of Topliss-reactive ketones (excluding diaryl/α,β-unsaturated/α-hetero) is 1. The van der Waals surface area contributed by atoms with Gasteiger partial charge < -0.3 is 14.3 Å². The van der Waals surface area contributed by atoms with Gasteiger partial charge in [0.1, 0.15) is 0 Å². The lowest BCUT2D eigenvalue weighted by molar-refractivity contribution is -0.171. The third kappa shape index (κ3) is 2.88. The van der Waals surface area contributed by atoms with Crippen LogP contribution in [0.2, 0.25) is 0 Å². The van der Waals surface area contributed by atoms with Crippen molar-refractivity contribution in [2.75, 3.05) is 5.88 Å². The van der Waals surface area contributed by atoms with E-state index in [0.717, 1.165) is 5.57 Å². The van der Waals surface area contributed by atoms with Gasteiger partial charge in [0.15, 0.2) is 17.2 Å². The number of esters is 1. The highest BCUT2D eigenvalue weighted by Gasteiger charge is 2.74. The molecule has 7 atom stereocenters. The predicted octanol–water partition coefficient (Wildman–Crippen LogP) is 4.62. The summed E-state index contributed by atoms with van der Waals surface area (Å²) in [6.07, 6.45) is 7.77. The van der Waals surface area contributed by atoms with Crippen LogP contribution in [0.5, 0.6) is 0 Å². The fourth-order valence-electron chi connectivity index (χ4n) is 7.59. The lowest BCUT2D eigenvalue weighted by Gasteiger charge is -2.64. The summed E-state index contributed by atoms with van der Waals surface area (Å²) in [7, 11) is 0. The van der Waals surface area contributed by atoms with E-state index in [1.165, 1.54) is 18.4 Å². The van der Waals surface area contributed by atoms with Gasteiger partial charge in [-0.05, 0) is 68.2 Å². The normalized spacial score (nSPS) is 42.9. The summed E-state index contributed by atoms with van der Waals surface area (Å²) in [6, 6.07) is 3.07. The number of alkyl halides is 2. The zero-order valence-corrected chi connectivity index (χ0v) is 20.7. The van der Waals surface area contributed by atoms with Crippen LogP contribution in [0, 0.1) is 22.7 Å². The highest BCUT2D eigenvalue weighted by Crippen LogP contribution is 2.71. The van der Waals surface area contributed by atoms with Crippen LogP contribution in [0.25, 0.3) is 0 Å². The number of allylic oxidation sites excluding steroid dienone is 4. The molecule has 1 aromatic rings. The average Bonchev–Trinajstić information content (AvgIpc) is 3.43. The molecule has 8 heteroatoms. The predicted molar refractivity (Wildman–Crippen MR) is 126 cm³/mol. The van der Waals surface area contributed by atoms with Crippen LogP contribution < -0.4 is 0 Å². The second-order valence-electron chi connectivity index (χ2n) is 10.6. The zero-order chi connectivity index (χ0) is 24.5. The lowest BCUT2D eigenvalue weighted by Crippen LogP contribution is -2.69. The van der Waals surface area contributed by atoms with Crippen molar-refractivity contribution in [1.29, 1.82) is 0 Å². The molecule has 0 aromatic carbocycles. The molecule has 1 heterocycles. The fourth-order valence-corrected chi connectivity index (χ4v) is 8.33. The van der Waals surface area contributed by atoms with Gasteiger partial charge in [0.2, 0.25) is 5.76 Å². The first-order valence-corrected chi connectivity index (χ1v) is 12.6. The van der Waals surface area contributed by atoms with Gasteiger partial charge in [0.25, 0.3) is 0 Å². The maximum atomic E-state index is 13.4. The number of fused-ring (bicyclic) bond motifs is 5. The van der Waals surface area contributed by atoms with Crippen molar-refractivity contribution in [3.63, 3.8) is 0 Å². The molecule has 5 rings (SSSR count). The van der Waals surface area contributed by atoms with Crippen LogP contribution in [0.3, 0.4) is 0 Å². The van der Waals surface area contributed by atoms with Crippen LogP contribution >= 0.6 is 23.2 Å². The summed E-state index contributed by atoms with van der Waals surface area (Å²) in [5.74, 6) is -1.72. The van der Waals surface area contributed by atoms with Gasteiger partial charge in [-0.15, -0.1) is 23.2 Å². The molecule has 182 valence electrons. The minimum Gasteiger partial charge on any atom is -0.457 e. The minimum absolute atomic E-state index is 0.00816. The maximum Gasteiger partial charge on any atom is 0.375 e. The molecular weight excluding hydrogens is 479 g/mol. The van der Waals surface area contributed by atoms with E-state index < -0.39 is 33.4 Å². The van der Waals surface area contributed by atoms with Gasteiger partial charge in [-0.2, -0.15) is 0 Å². The average molecular weight is 507 g/mol. The number of ketones is 2. The van der Waals surface area contributed by atoms with Crippen molar-refractivity contribution in [3.8, 4) is 0 Å². The van der Waals surface area contributed by atoms with Crippen molar-refractivity contribution in [2.45, 2.75) is 62.5 Å². The molecule has 4 aliphatic carbocycles. The van der Waals surface area contributed by atoms with Gasteiger partial charge in [0, 0.05) is 10.8 Å². The number of carbonyl (C=O) groups excluding carboxylic acids is 3. The maximum absolute atomic E-state index is 13.4. The summed E-state index contributed by atoms with van der Waals surface area (Å²) in [6.45, 7) is 3.90. The summed E-state index contributed by atoms with van der Waals surface area (Å²) in [5, 5.41) is 11.7. The standard InChI is InChI=1S/C26H28Cl2O6/c1-23-9-7-16(29)12-15(23)5-6-18-17-8-10-25(21(31)14-27,34-22(32)19-4-3-11-33-19)24(17,2)13-20(30)26(18,23)28/h3-4,7,9,11-12,17-18,20,30H,5-6,8,10,13-14H2,1-2H3/t17-,18-,20-,23-,24-,25-,26-/m0/s1. The molecule has 0 radical (unpaired) electrons. The Kier molecular flexibility index (Phi) is 5.47. The molecule has 3 fully saturated rings. The van der Waals surface area contributed by atoms with E-state index >= 15 is 0 Å². The molecular formula is C26H28Cl2O6. The monoisotopic (exact) mass is 506 g/mol. The number of ether oxygens (including phenoxy) is 1. The number of carbonyl (C=O) groups is 3. The van der Waals surface area contributed by atoms with Crippen LogP contribution in [0.15, 0.2) is 46.6 Å². The molecule has 34 heavy (non-hydrogen) atoms. The summed E-state index contributed by atoms with van der Waals surface area (Å²) in [4.78, 5) is 37.3. The Bertz CT molecular complexity index is 1110. The van der Waals surface area contributed by atoms with E-state index in [9.17, 15) is 19.5 Å². The van der Waals surface area contributed by atoms with Crippen LogP contribution in [0.4, 0.5) is 0 Å². The SMILES string of the molecule is C[C@]12C=CC(=O)C=C1CC[C@H]1[C@@H]3CC[C@](OC(=O)c4ccco4)(C(=O)CCl)[C@@]3(C)C[C@H](O)[C@@]12Cl. The van der Waals surface area contributed by atoms with E-state index in [0.29, 0.717) is 25.7 Å². The number of hydrogen-bond donors (Lipinski definition) is 1. The zero-order valence-electron chi connectivity index (χ0n) is 19.2. The third-order valence-electron chi connectivity index (χ3n) is 9.32. The second-order valence-corrected chi connectivity index (χ2v) is 11.4. The summed E-state index contributed by atoms with van der Waals surface area (Å²) in [5.41, 5.74) is -2.12. The Balaban J connectivity index is 1.58. The minimum atomic E-state index is -1.49. The summed E-state index contributed by atoms with van der Waals surface area (Å²) >= 11 is 13.5. The Morgan fingerprint density at radius 3 is 2.71 bits per heavy atom. The topological polar surface area (TPSA) is 93.8 Å². The molecule has 0 saturated heterocycles. The molecule has 3 saturated carbocycles. The van der Waals surface area contributed by atoms with E-state index in [1.807, 2.05) is 19.9 Å². The van der Waals surface area contributed by atoms with Crippen LogP contribution in [0.1, 0.15) is 56.5 Å². The smallest absolute Gasteiger partial charge is 0.375 e. The highest BCUT2D eigenvalue weighted by molar-refractivity contribution is 6.29. The van der Waals surface area contributed by atoms with Gasteiger partial charge in [0.05, 0.1) is 23.1 Å². The van der Waals surface area contributed by atoms with Crippen molar-refractivity contribution in [1.82, 2.24) is 0 Å². The molecule has 6 nitrogen and oxygen atoms in total. The first-order chi connectivity index (χ1) is 16.0. The number of aliphatic hydroxyl groups excluding tert-OH is 1. The lowest BCUT2D eigenvalue weighted by atomic mass is 9.45. The van der Waals surface area contributed by atoms with Crippen molar-refractivity contribution in [2.24, 2.45) is 22.7 Å². The van der Waals surface area contributed by atoms with Crippen LogP contribution in [-0.2, 0) is 14.3 Å².